The molecule has 0 saturated carbocycles. The van der Waals surface area contributed by atoms with E-state index in [9.17, 15) is 4.79 Å². The van der Waals surface area contributed by atoms with Gasteiger partial charge in [-0.15, -0.1) is 0 Å². The van der Waals surface area contributed by atoms with Crippen LogP contribution in [-0.4, -0.2) is 48.4 Å². The number of nitrogens with zero attached hydrogens (tertiary/aromatic N) is 3. The molecule has 0 radical (unpaired) electrons. The van der Waals surface area contributed by atoms with Crippen molar-refractivity contribution in [3.8, 4) is 6.07 Å². The molecule has 4 nitrogen and oxygen atoms in total. The normalized spacial score (nSPS) is 16.2. The predicted molar refractivity (Wildman–Crippen MR) is 76.8 cm³/mol. The van der Waals surface area contributed by atoms with Crippen molar-refractivity contribution in [1.82, 2.24) is 9.80 Å². The Morgan fingerprint density at radius 3 is 2.63 bits per heavy atom. The minimum Gasteiger partial charge on any atom is -0.336 e. The van der Waals surface area contributed by atoms with Gasteiger partial charge in [-0.2, -0.15) is 5.26 Å². The fourth-order valence-corrected chi connectivity index (χ4v) is 2.50. The lowest BCUT2D eigenvalue weighted by molar-refractivity contribution is 0.0651. The third kappa shape index (κ3) is 3.34. The summed E-state index contributed by atoms with van der Waals surface area (Å²) >= 11 is 3.45. The molecule has 1 aliphatic rings. The summed E-state index contributed by atoms with van der Waals surface area (Å²) in [6, 6.07) is 7.83. The van der Waals surface area contributed by atoms with Crippen LogP contribution < -0.4 is 0 Å². The number of hydrogen-bond acceptors (Lipinski definition) is 3. The average Bonchev–Trinajstić information content (AvgIpc) is 2.42. The zero-order valence-corrected chi connectivity index (χ0v) is 12.5. The number of halogens is 1. The molecule has 1 fully saturated rings. The lowest BCUT2D eigenvalue weighted by Gasteiger charge is -2.33. The minimum atomic E-state index is 0.0670. The first kappa shape index (κ1) is 14.0. The highest BCUT2D eigenvalue weighted by atomic mass is 79.9. The van der Waals surface area contributed by atoms with E-state index in [1.807, 2.05) is 30.0 Å². The second kappa shape index (κ2) is 6.18. The summed E-state index contributed by atoms with van der Waals surface area (Å²) in [5, 5.41) is 8.65. The van der Waals surface area contributed by atoms with Gasteiger partial charge >= 0.3 is 0 Å². The highest BCUT2D eigenvalue weighted by Crippen LogP contribution is 2.19. The molecule has 19 heavy (non-hydrogen) atoms. The molecule has 1 aromatic carbocycles. The molecule has 1 aliphatic heterocycles. The standard InChI is InChI=1S/C14H16BrN3O/c1-11-2-3-12(10-13(11)15)14(19)18-8-6-17(5-4-16)7-9-18/h2-3,10H,5-9H2,1H3. The average molecular weight is 322 g/mol. The summed E-state index contributed by atoms with van der Waals surface area (Å²) in [6.07, 6.45) is 0. The number of amides is 1. The van der Waals surface area contributed by atoms with Gasteiger partial charge in [0.1, 0.15) is 0 Å². The zero-order chi connectivity index (χ0) is 13.8. The molecule has 1 aromatic rings. The quantitative estimate of drug-likeness (QED) is 0.783. The summed E-state index contributed by atoms with van der Waals surface area (Å²) in [7, 11) is 0. The maximum Gasteiger partial charge on any atom is 0.253 e. The van der Waals surface area contributed by atoms with Crippen LogP contribution in [0.5, 0.6) is 0 Å². The van der Waals surface area contributed by atoms with Crippen LogP contribution in [0.15, 0.2) is 22.7 Å². The second-order valence-corrected chi connectivity index (χ2v) is 5.54. The SMILES string of the molecule is Cc1ccc(C(=O)N2CCN(CC#N)CC2)cc1Br. The van der Waals surface area contributed by atoms with Crippen molar-refractivity contribution < 1.29 is 4.79 Å². The molecule has 0 atom stereocenters. The van der Waals surface area contributed by atoms with Crippen molar-refractivity contribution in [2.75, 3.05) is 32.7 Å². The lowest BCUT2D eigenvalue weighted by atomic mass is 10.1. The van der Waals surface area contributed by atoms with Crippen molar-refractivity contribution in [1.29, 1.82) is 5.26 Å². The van der Waals surface area contributed by atoms with Gasteiger partial charge < -0.3 is 4.90 Å². The van der Waals surface area contributed by atoms with Gasteiger partial charge in [0.2, 0.25) is 0 Å². The molecule has 1 saturated heterocycles. The van der Waals surface area contributed by atoms with Crippen LogP contribution in [0, 0.1) is 18.3 Å². The first-order chi connectivity index (χ1) is 9.11. The van der Waals surface area contributed by atoms with Crippen LogP contribution in [0.25, 0.3) is 0 Å². The molecule has 0 unspecified atom stereocenters. The third-order valence-electron chi connectivity index (χ3n) is 3.37. The van der Waals surface area contributed by atoms with Gasteiger partial charge in [-0.25, -0.2) is 0 Å². The Bertz CT molecular complexity index is 516. The van der Waals surface area contributed by atoms with Crippen LogP contribution >= 0.6 is 15.9 Å². The van der Waals surface area contributed by atoms with Crippen molar-refractivity contribution in [2.45, 2.75) is 6.92 Å². The Morgan fingerprint density at radius 1 is 1.37 bits per heavy atom. The molecular weight excluding hydrogens is 306 g/mol. The van der Waals surface area contributed by atoms with Gasteiger partial charge in [-0.3, -0.25) is 9.69 Å². The topological polar surface area (TPSA) is 47.3 Å². The molecule has 0 spiro atoms. The molecular formula is C14H16BrN3O. The molecule has 0 bridgehead atoms. The first-order valence-corrected chi connectivity index (χ1v) is 7.06. The van der Waals surface area contributed by atoms with Gasteiger partial charge in [0.05, 0.1) is 12.6 Å². The van der Waals surface area contributed by atoms with E-state index in [1.54, 1.807) is 0 Å². The minimum absolute atomic E-state index is 0.0670. The van der Waals surface area contributed by atoms with Gasteiger partial charge in [0.15, 0.2) is 0 Å². The molecule has 0 N–H and O–H groups in total. The molecule has 5 heteroatoms. The number of rotatable bonds is 2. The number of carbonyl (C=O) groups is 1. The molecule has 100 valence electrons. The predicted octanol–water partition coefficient (Wildman–Crippen LogP) is 2.04. The fourth-order valence-electron chi connectivity index (χ4n) is 2.12. The Hall–Kier alpha value is -1.38. The Kier molecular flexibility index (Phi) is 4.56. The number of hydrogen-bond donors (Lipinski definition) is 0. The number of benzene rings is 1. The van der Waals surface area contributed by atoms with Crippen LogP contribution in [0.1, 0.15) is 15.9 Å². The monoisotopic (exact) mass is 321 g/mol. The van der Waals surface area contributed by atoms with Gasteiger partial charge in [0, 0.05) is 36.2 Å². The van der Waals surface area contributed by atoms with Crippen molar-refractivity contribution in [2.24, 2.45) is 0 Å². The lowest BCUT2D eigenvalue weighted by Crippen LogP contribution is -2.48. The Balaban J connectivity index is 2.01. The molecule has 0 aliphatic carbocycles. The summed E-state index contributed by atoms with van der Waals surface area (Å²) in [5.74, 6) is 0.0670. The van der Waals surface area contributed by atoms with E-state index in [0.29, 0.717) is 25.2 Å². The van der Waals surface area contributed by atoms with E-state index >= 15 is 0 Å². The van der Waals surface area contributed by atoms with E-state index in [0.717, 1.165) is 23.1 Å². The van der Waals surface area contributed by atoms with Crippen LogP contribution in [0.3, 0.4) is 0 Å². The van der Waals surface area contributed by atoms with Crippen molar-refractivity contribution >= 4 is 21.8 Å². The Morgan fingerprint density at radius 2 is 2.05 bits per heavy atom. The van der Waals surface area contributed by atoms with E-state index in [-0.39, 0.29) is 5.91 Å². The maximum absolute atomic E-state index is 12.3. The number of nitriles is 1. The number of piperazine rings is 1. The summed E-state index contributed by atoms with van der Waals surface area (Å²) in [5.41, 5.74) is 1.83. The third-order valence-corrected chi connectivity index (χ3v) is 4.23. The summed E-state index contributed by atoms with van der Waals surface area (Å²) in [6.45, 7) is 5.35. The largest absolute Gasteiger partial charge is 0.336 e. The number of aryl methyl sites for hydroxylation is 1. The van der Waals surface area contributed by atoms with Crippen molar-refractivity contribution in [3.63, 3.8) is 0 Å². The maximum atomic E-state index is 12.3. The van der Waals surface area contributed by atoms with E-state index in [1.165, 1.54) is 0 Å². The van der Waals surface area contributed by atoms with Gasteiger partial charge in [0.25, 0.3) is 5.91 Å². The summed E-state index contributed by atoms with van der Waals surface area (Å²) in [4.78, 5) is 16.3. The smallest absolute Gasteiger partial charge is 0.253 e. The molecule has 0 aromatic heterocycles. The molecule has 1 amide bonds. The van der Waals surface area contributed by atoms with Gasteiger partial charge in [-0.1, -0.05) is 22.0 Å². The van der Waals surface area contributed by atoms with Crippen molar-refractivity contribution in [3.05, 3.63) is 33.8 Å². The zero-order valence-electron chi connectivity index (χ0n) is 10.9. The molecule has 2 rings (SSSR count). The number of carbonyl (C=O) groups excluding carboxylic acids is 1. The highest BCUT2D eigenvalue weighted by Gasteiger charge is 2.22. The van der Waals surface area contributed by atoms with Crippen LogP contribution in [0.4, 0.5) is 0 Å². The van der Waals surface area contributed by atoms with Crippen LogP contribution in [0.2, 0.25) is 0 Å². The molecule has 1 heterocycles. The second-order valence-electron chi connectivity index (χ2n) is 4.69. The van der Waals surface area contributed by atoms with Crippen LogP contribution in [-0.2, 0) is 0 Å². The first-order valence-electron chi connectivity index (χ1n) is 6.26. The fraction of sp³-hybridized carbons (Fsp3) is 0.429. The summed E-state index contributed by atoms with van der Waals surface area (Å²) < 4.78 is 0.960. The highest BCUT2D eigenvalue weighted by molar-refractivity contribution is 9.10. The van der Waals surface area contributed by atoms with E-state index in [4.69, 9.17) is 5.26 Å². The van der Waals surface area contributed by atoms with E-state index < -0.39 is 0 Å². The Labute approximate surface area is 121 Å². The van der Waals surface area contributed by atoms with Gasteiger partial charge in [-0.05, 0) is 24.6 Å². The van der Waals surface area contributed by atoms with E-state index in [2.05, 4.69) is 26.9 Å².